The summed E-state index contributed by atoms with van der Waals surface area (Å²) >= 11 is 0. The molecule has 0 aromatic heterocycles. The zero-order valence-corrected chi connectivity index (χ0v) is 12.2. The Morgan fingerprint density at radius 3 is 2.55 bits per heavy atom. The smallest absolute Gasteiger partial charge is 0.337 e. The molecule has 110 valence electrons. The molecule has 1 fully saturated rings. The molecule has 5 nitrogen and oxygen atoms in total. The highest BCUT2D eigenvalue weighted by Crippen LogP contribution is 2.28. The van der Waals surface area contributed by atoms with Crippen LogP contribution in [0.2, 0.25) is 0 Å². The number of hydrogen-bond donors (Lipinski definition) is 2. The largest absolute Gasteiger partial charge is 0.478 e. The van der Waals surface area contributed by atoms with Crippen LogP contribution in [0.25, 0.3) is 0 Å². The lowest BCUT2D eigenvalue weighted by Crippen LogP contribution is -2.49. The summed E-state index contributed by atoms with van der Waals surface area (Å²) in [7, 11) is 0. The number of carboxylic acid groups (broad SMARTS) is 1. The summed E-state index contributed by atoms with van der Waals surface area (Å²) in [6.07, 6.45) is 1.15. The van der Waals surface area contributed by atoms with Crippen molar-refractivity contribution in [3.8, 4) is 0 Å². The number of carboxylic acids is 1. The second kappa shape index (κ2) is 6.13. The summed E-state index contributed by atoms with van der Waals surface area (Å²) in [5, 5.41) is 9.13. The van der Waals surface area contributed by atoms with Gasteiger partial charge in [0.15, 0.2) is 0 Å². The molecule has 0 aliphatic carbocycles. The molecular formula is C15H23N3O2. The van der Waals surface area contributed by atoms with E-state index in [2.05, 4.69) is 23.6 Å². The van der Waals surface area contributed by atoms with E-state index in [4.69, 9.17) is 10.8 Å². The lowest BCUT2D eigenvalue weighted by molar-refractivity contribution is 0.0698. The number of nitrogens with zero attached hydrogens (tertiary/aromatic N) is 2. The third-order valence-corrected chi connectivity index (χ3v) is 4.18. The monoisotopic (exact) mass is 277 g/mol. The number of para-hydroxylation sites is 1. The zero-order chi connectivity index (χ0) is 14.7. The van der Waals surface area contributed by atoms with E-state index in [1.165, 1.54) is 0 Å². The zero-order valence-electron chi connectivity index (χ0n) is 12.2. The summed E-state index contributed by atoms with van der Waals surface area (Å²) in [5.74, 6) is -0.970. The predicted molar refractivity (Wildman–Crippen MR) is 81.4 cm³/mol. The van der Waals surface area contributed by atoms with Gasteiger partial charge in [0.1, 0.15) is 0 Å². The first-order chi connectivity index (χ1) is 9.54. The van der Waals surface area contributed by atoms with Gasteiger partial charge in [0.25, 0.3) is 0 Å². The molecular weight excluding hydrogens is 254 g/mol. The molecule has 1 unspecified atom stereocenters. The quantitative estimate of drug-likeness (QED) is 0.822. The first-order valence-corrected chi connectivity index (χ1v) is 7.15. The summed E-state index contributed by atoms with van der Waals surface area (Å²) in [6.45, 7) is 8.20. The van der Waals surface area contributed by atoms with Crippen molar-refractivity contribution < 1.29 is 9.90 Å². The van der Waals surface area contributed by atoms with Crippen LogP contribution in [-0.4, -0.2) is 48.2 Å². The van der Waals surface area contributed by atoms with Crippen LogP contribution < -0.4 is 10.6 Å². The van der Waals surface area contributed by atoms with Crippen molar-refractivity contribution in [1.29, 1.82) is 0 Å². The third kappa shape index (κ3) is 2.88. The van der Waals surface area contributed by atoms with Gasteiger partial charge in [-0.25, -0.2) is 4.79 Å². The van der Waals surface area contributed by atoms with E-state index in [1.807, 2.05) is 6.07 Å². The fourth-order valence-electron chi connectivity index (χ4n) is 2.68. The van der Waals surface area contributed by atoms with Crippen molar-refractivity contribution in [1.82, 2.24) is 4.90 Å². The third-order valence-electron chi connectivity index (χ3n) is 4.18. The van der Waals surface area contributed by atoms with Gasteiger partial charge < -0.3 is 15.7 Å². The second-order valence-electron chi connectivity index (χ2n) is 5.32. The SMILES string of the molecule is CCC(C)N1CCN(c2cccc(C(=O)O)c2N)CC1. The Morgan fingerprint density at radius 1 is 1.35 bits per heavy atom. The van der Waals surface area contributed by atoms with E-state index in [0.717, 1.165) is 38.3 Å². The predicted octanol–water partition coefficient (Wildman–Crippen LogP) is 1.89. The topological polar surface area (TPSA) is 69.8 Å². The Balaban J connectivity index is 2.11. The molecule has 0 spiro atoms. The van der Waals surface area contributed by atoms with Crippen molar-refractivity contribution in [2.24, 2.45) is 0 Å². The molecule has 2 rings (SSSR count). The molecule has 0 radical (unpaired) electrons. The normalized spacial score (nSPS) is 18.0. The van der Waals surface area contributed by atoms with Crippen LogP contribution in [-0.2, 0) is 0 Å². The highest BCUT2D eigenvalue weighted by atomic mass is 16.4. The molecule has 1 aliphatic heterocycles. The summed E-state index contributed by atoms with van der Waals surface area (Å²) in [4.78, 5) is 15.8. The van der Waals surface area contributed by atoms with E-state index in [0.29, 0.717) is 11.7 Å². The number of nitrogens with two attached hydrogens (primary N) is 1. The fourth-order valence-corrected chi connectivity index (χ4v) is 2.68. The molecule has 0 bridgehead atoms. The number of hydrogen-bond acceptors (Lipinski definition) is 4. The van der Waals surface area contributed by atoms with Crippen LogP contribution in [0.15, 0.2) is 18.2 Å². The Bertz CT molecular complexity index is 482. The molecule has 1 aromatic rings. The maximum atomic E-state index is 11.1. The van der Waals surface area contributed by atoms with Gasteiger partial charge in [0.05, 0.1) is 16.9 Å². The van der Waals surface area contributed by atoms with Crippen LogP contribution >= 0.6 is 0 Å². The second-order valence-corrected chi connectivity index (χ2v) is 5.32. The number of aromatic carboxylic acids is 1. The molecule has 5 heteroatoms. The van der Waals surface area contributed by atoms with Crippen molar-refractivity contribution in [3.05, 3.63) is 23.8 Å². The van der Waals surface area contributed by atoms with Gasteiger partial charge in [-0.3, -0.25) is 4.90 Å². The van der Waals surface area contributed by atoms with Gasteiger partial charge in [-0.1, -0.05) is 13.0 Å². The van der Waals surface area contributed by atoms with Crippen LogP contribution in [0.4, 0.5) is 11.4 Å². The minimum atomic E-state index is -0.970. The molecule has 1 aromatic carbocycles. The lowest BCUT2D eigenvalue weighted by atomic mass is 10.1. The van der Waals surface area contributed by atoms with Gasteiger partial charge >= 0.3 is 5.97 Å². The van der Waals surface area contributed by atoms with Gasteiger partial charge in [0, 0.05) is 32.2 Å². The fraction of sp³-hybridized carbons (Fsp3) is 0.533. The Morgan fingerprint density at radius 2 is 2.00 bits per heavy atom. The molecule has 0 amide bonds. The molecule has 1 atom stereocenters. The molecule has 20 heavy (non-hydrogen) atoms. The summed E-state index contributed by atoms with van der Waals surface area (Å²) in [6, 6.07) is 5.81. The van der Waals surface area contributed by atoms with E-state index in [1.54, 1.807) is 12.1 Å². The highest BCUT2D eigenvalue weighted by molar-refractivity contribution is 5.97. The molecule has 0 saturated carbocycles. The number of anilines is 2. The molecule has 3 N–H and O–H groups in total. The number of rotatable bonds is 4. The molecule has 1 heterocycles. The first-order valence-electron chi connectivity index (χ1n) is 7.15. The average molecular weight is 277 g/mol. The average Bonchev–Trinajstić information content (AvgIpc) is 2.46. The van der Waals surface area contributed by atoms with Gasteiger partial charge in [0.2, 0.25) is 0 Å². The summed E-state index contributed by atoms with van der Waals surface area (Å²) in [5.41, 5.74) is 7.40. The Hall–Kier alpha value is -1.75. The maximum Gasteiger partial charge on any atom is 0.337 e. The van der Waals surface area contributed by atoms with Crippen LogP contribution in [0, 0.1) is 0 Å². The molecule has 1 aliphatic rings. The number of benzene rings is 1. The van der Waals surface area contributed by atoms with Crippen molar-refractivity contribution in [3.63, 3.8) is 0 Å². The van der Waals surface area contributed by atoms with Crippen molar-refractivity contribution in [2.75, 3.05) is 36.8 Å². The first kappa shape index (κ1) is 14.7. The van der Waals surface area contributed by atoms with Crippen LogP contribution in [0.3, 0.4) is 0 Å². The van der Waals surface area contributed by atoms with Crippen molar-refractivity contribution >= 4 is 17.3 Å². The Labute approximate surface area is 120 Å². The minimum absolute atomic E-state index is 0.187. The van der Waals surface area contributed by atoms with E-state index >= 15 is 0 Å². The van der Waals surface area contributed by atoms with Crippen LogP contribution in [0.1, 0.15) is 30.6 Å². The number of nitrogen functional groups attached to an aromatic ring is 1. The standard InChI is InChI=1S/C15H23N3O2/c1-3-11(2)17-7-9-18(10-8-17)13-6-4-5-12(14(13)16)15(19)20/h4-6,11H,3,7-10,16H2,1-2H3,(H,19,20). The van der Waals surface area contributed by atoms with E-state index in [9.17, 15) is 4.79 Å². The Kier molecular flexibility index (Phi) is 4.49. The summed E-state index contributed by atoms with van der Waals surface area (Å²) < 4.78 is 0. The van der Waals surface area contributed by atoms with Crippen molar-refractivity contribution in [2.45, 2.75) is 26.3 Å². The van der Waals surface area contributed by atoms with Gasteiger partial charge in [-0.05, 0) is 25.5 Å². The van der Waals surface area contributed by atoms with Gasteiger partial charge in [-0.2, -0.15) is 0 Å². The minimum Gasteiger partial charge on any atom is -0.478 e. The number of carbonyl (C=O) groups is 1. The lowest BCUT2D eigenvalue weighted by Gasteiger charge is -2.39. The van der Waals surface area contributed by atoms with E-state index < -0.39 is 5.97 Å². The molecule has 1 saturated heterocycles. The highest BCUT2D eigenvalue weighted by Gasteiger charge is 2.22. The number of piperazine rings is 1. The van der Waals surface area contributed by atoms with Gasteiger partial charge in [-0.15, -0.1) is 0 Å². The maximum absolute atomic E-state index is 11.1. The van der Waals surface area contributed by atoms with Crippen LogP contribution in [0.5, 0.6) is 0 Å². The van der Waals surface area contributed by atoms with E-state index in [-0.39, 0.29) is 5.56 Å².